The van der Waals surface area contributed by atoms with E-state index in [1.807, 2.05) is 6.08 Å². The predicted octanol–water partition coefficient (Wildman–Crippen LogP) is 1.45. The highest BCUT2D eigenvalue weighted by molar-refractivity contribution is 6.26. The lowest BCUT2D eigenvalue weighted by molar-refractivity contribution is -0.168. The number of hydrogen-bond donors (Lipinski definition) is 2. The summed E-state index contributed by atoms with van der Waals surface area (Å²) in [4.78, 5) is 36.9. The Labute approximate surface area is 181 Å². The molecule has 6 rings (SSSR count). The first-order chi connectivity index (χ1) is 14.6. The summed E-state index contributed by atoms with van der Waals surface area (Å²) in [7, 11) is 0. The molecule has 168 valence electrons. The molecule has 0 aromatic carbocycles. The molecule has 7 nitrogen and oxygen atoms in total. The molecular formula is C24H31NO6. The number of ketones is 1. The molecule has 0 amide bonds. The van der Waals surface area contributed by atoms with Crippen molar-refractivity contribution in [3.8, 4) is 0 Å². The third-order valence-corrected chi connectivity index (χ3v) is 10.4. The van der Waals surface area contributed by atoms with Crippen molar-refractivity contribution in [2.24, 2.45) is 34.3 Å². The molecule has 0 radical (unpaired) electrons. The van der Waals surface area contributed by atoms with Crippen LogP contribution in [0.4, 0.5) is 0 Å². The van der Waals surface area contributed by atoms with E-state index >= 15 is 0 Å². The van der Waals surface area contributed by atoms with Crippen LogP contribution in [-0.4, -0.2) is 52.6 Å². The highest BCUT2D eigenvalue weighted by Gasteiger charge is 2.84. The summed E-state index contributed by atoms with van der Waals surface area (Å²) in [6.45, 7) is 4.36. The average Bonchev–Trinajstić information content (AvgIpc) is 3.23. The summed E-state index contributed by atoms with van der Waals surface area (Å²) in [5.74, 6) is -1.41. The Bertz CT molecular complexity index is 931. The molecule has 0 aromatic rings. The number of carbonyl (C=O) groups excluding carboxylic acids is 3. The van der Waals surface area contributed by atoms with Crippen molar-refractivity contribution >= 4 is 18.0 Å². The number of Topliss-reactive ketones (excluding diaryl/α,β-unsaturated/α-hetero) is 1. The van der Waals surface area contributed by atoms with Crippen molar-refractivity contribution < 1.29 is 29.0 Å². The Morgan fingerprint density at radius 2 is 2.03 bits per heavy atom. The van der Waals surface area contributed by atoms with Crippen molar-refractivity contribution in [1.82, 2.24) is 0 Å². The second-order valence-corrected chi connectivity index (χ2v) is 11.3. The second-order valence-electron chi connectivity index (χ2n) is 11.3. The number of esters is 1. The fourth-order valence-corrected chi connectivity index (χ4v) is 8.99. The number of aldehydes is 1. The van der Waals surface area contributed by atoms with Gasteiger partial charge in [0.05, 0.1) is 18.1 Å². The molecule has 2 aliphatic heterocycles. The van der Waals surface area contributed by atoms with Gasteiger partial charge in [0, 0.05) is 29.2 Å². The lowest BCUT2D eigenvalue weighted by Crippen LogP contribution is -2.68. The van der Waals surface area contributed by atoms with Gasteiger partial charge in [-0.3, -0.25) is 14.4 Å². The molecule has 2 saturated heterocycles. The van der Waals surface area contributed by atoms with E-state index in [1.165, 1.54) is 0 Å². The molecule has 3 saturated carbocycles. The largest absolute Gasteiger partial charge is 0.458 e. The molecule has 6 aliphatic rings. The molecule has 5 fully saturated rings. The van der Waals surface area contributed by atoms with Gasteiger partial charge < -0.3 is 20.3 Å². The summed E-state index contributed by atoms with van der Waals surface area (Å²) >= 11 is 0. The summed E-state index contributed by atoms with van der Waals surface area (Å²) in [6.07, 6.45) is 6.48. The number of aliphatic hydroxyl groups excluding tert-OH is 1. The first kappa shape index (κ1) is 20.1. The van der Waals surface area contributed by atoms with Gasteiger partial charge in [-0.05, 0) is 50.0 Å². The molecule has 0 aromatic heterocycles. The van der Waals surface area contributed by atoms with Crippen molar-refractivity contribution in [3.63, 3.8) is 0 Å². The molecule has 0 bridgehead atoms. The molecule has 31 heavy (non-hydrogen) atoms. The van der Waals surface area contributed by atoms with Crippen LogP contribution in [0.2, 0.25) is 0 Å². The molecule has 10 atom stereocenters. The first-order valence-electron chi connectivity index (χ1n) is 11.7. The predicted molar refractivity (Wildman–Crippen MR) is 109 cm³/mol. The van der Waals surface area contributed by atoms with E-state index in [4.69, 9.17) is 15.2 Å². The number of hydrogen-bond acceptors (Lipinski definition) is 7. The van der Waals surface area contributed by atoms with Gasteiger partial charge in [-0.15, -0.1) is 0 Å². The maximum absolute atomic E-state index is 13.0. The minimum atomic E-state index is -0.677. The summed E-state index contributed by atoms with van der Waals surface area (Å²) < 4.78 is 12.6. The van der Waals surface area contributed by atoms with Gasteiger partial charge in [0.1, 0.15) is 11.2 Å². The van der Waals surface area contributed by atoms with Crippen LogP contribution in [0.1, 0.15) is 58.8 Å². The fraction of sp³-hybridized carbons (Fsp3) is 0.792. The van der Waals surface area contributed by atoms with E-state index in [0.717, 1.165) is 31.3 Å². The van der Waals surface area contributed by atoms with E-state index < -0.39 is 35.0 Å². The van der Waals surface area contributed by atoms with Gasteiger partial charge in [0.2, 0.25) is 5.78 Å². The van der Waals surface area contributed by atoms with Crippen LogP contribution in [0, 0.1) is 28.6 Å². The van der Waals surface area contributed by atoms with Crippen molar-refractivity contribution in [2.45, 2.75) is 88.2 Å². The zero-order chi connectivity index (χ0) is 22.0. The summed E-state index contributed by atoms with van der Waals surface area (Å²) in [5, 5.41) is 10.3. The number of epoxide rings is 1. The van der Waals surface area contributed by atoms with Gasteiger partial charge in [0.15, 0.2) is 6.29 Å². The van der Waals surface area contributed by atoms with E-state index in [-0.39, 0.29) is 34.7 Å². The Morgan fingerprint density at radius 1 is 1.26 bits per heavy atom. The monoisotopic (exact) mass is 429 g/mol. The SMILES string of the molecule is C[C@]12CC[C@H](O)C=C1[C@H](N)C(C(=O)C=O)C1C3CC[C@@]4(CCC(=O)O4)[C@@]3(C)C[C@H]3O[C@@]132. The van der Waals surface area contributed by atoms with Crippen LogP contribution < -0.4 is 5.73 Å². The van der Waals surface area contributed by atoms with E-state index in [0.29, 0.717) is 25.5 Å². The third kappa shape index (κ3) is 2.09. The van der Waals surface area contributed by atoms with Gasteiger partial charge in [-0.2, -0.15) is 0 Å². The second kappa shape index (κ2) is 5.86. The van der Waals surface area contributed by atoms with Crippen molar-refractivity contribution in [3.05, 3.63) is 11.6 Å². The number of rotatable bonds is 2. The minimum Gasteiger partial charge on any atom is -0.458 e. The Hall–Kier alpha value is -1.57. The summed E-state index contributed by atoms with van der Waals surface area (Å²) in [6, 6.07) is -0.622. The van der Waals surface area contributed by atoms with Crippen LogP contribution in [0.15, 0.2) is 11.6 Å². The molecular weight excluding hydrogens is 398 g/mol. The van der Waals surface area contributed by atoms with Gasteiger partial charge in [0.25, 0.3) is 0 Å². The third-order valence-electron chi connectivity index (χ3n) is 10.4. The zero-order valence-electron chi connectivity index (χ0n) is 18.1. The Balaban J connectivity index is 1.52. The number of carbonyl (C=O) groups is 3. The number of ether oxygens (including phenoxy) is 2. The Morgan fingerprint density at radius 3 is 2.71 bits per heavy atom. The molecule has 2 heterocycles. The Kier molecular flexibility index (Phi) is 3.79. The topological polar surface area (TPSA) is 119 Å². The lowest BCUT2D eigenvalue weighted by Gasteiger charge is -2.60. The average molecular weight is 430 g/mol. The highest BCUT2D eigenvalue weighted by Crippen LogP contribution is 2.78. The zero-order valence-corrected chi connectivity index (χ0v) is 18.1. The van der Waals surface area contributed by atoms with E-state index in [9.17, 15) is 19.5 Å². The van der Waals surface area contributed by atoms with Gasteiger partial charge in [-0.1, -0.05) is 19.9 Å². The maximum atomic E-state index is 13.0. The van der Waals surface area contributed by atoms with Crippen LogP contribution in [0.3, 0.4) is 0 Å². The molecule has 3 N–H and O–H groups in total. The maximum Gasteiger partial charge on any atom is 0.306 e. The number of fused-ring (bicyclic) bond motifs is 4. The standard InChI is InChI=1S/C24H31NO6/c1-21-6-3-12(27)9-14(21)20(25)18(15(28)11-26)19-13-4-7-23(8-5-17(29)31-23)22(13,2)10-16-24(19,21)30-16/h9,11-13,16,18-20,27H,3-8,10,25H2,1-2H3/t12-,13?,16+,18?,19?,20-,21-,22-,23+,24+/m0/s1. The number of nitrogens with two attached hydrogens (primary N) is 1. The minimum absolute atomic E-state index is 0.0638. The fourth-order valence-electron chi connectivity index (χ4n) is 8.99. The normalized spacial score (nSPS) is 56.6. The molecule has 4 aliphatic carbocycles. The van der Waals surface area contributed by atoms with Gasteiger partial charge in [-0.25, -0.2) is 0 Å². The van der Waals surface area contributed by atoms with Crippen LogP contribution >= 0.6 is 0 Å². The van der Waals surface area contributed by atoms with Crippen molar-refractivity contribution in [2.75, 3.05) is 0 Å². The van der Waals surface area contributed by atoms with Crippen molar-refractivity contribution in [1.29, 1.82) is 0 Å². The van der Waals surface area contributed by atoms with Crippen LogP contribution in [0.5, 0.6) is 0 Å². The number of aliphatic hydroxyl groups is 1. The van der Waals surface area contributed by atoms with Crippen LogP contribution in [-0.2, 0) is 23.9 Å². The molecule has 2 spiro atoms. The van der Waals surface area contributed by atoms with Gasteiger partial charge >= 0.3 is 5.97 Å². The highest BCUT2D eigenvalue weighted by atomic mass is 16.6. The quantitative estimate of drug-likeness (QED) is 0.224. The smallest absolute Gasteiger partial charge is 0.306 e. The van der Waals surface area contributed by atoms with E-state index in [2.05, 4.69) is 13.8 Å². The molecule has 7 heteroatoms. The molecule has 3 unspecified atom stereocenters. The van der Waals surface area contributed by atoms with Crippen LogP contribution in [0.25, 0.3) is 0 Å². The lowest BCUT2D eigenvalue weighted by atomic mass is 9.42. The van der Waals surface area contributed by atoms with E-state index in [1.54, 1.807) is 0 Å². The summed E-state index contributed by atoms with van der Waals surface area (Å²) in [5.41, 5.74) is 5.88. The first-order valence-corrected chi connectivity index (χ1v) is 11.7.